The SMILES string of the molecule is CC1=C(C)C(C)(C)c2cc(CC(C)(C)C)cc3ccnc1c23. The van der Waals surface area contributed by atoms with Crippen molar-refractivity contribution >= 4 is 16.3 Å². The standard InChI is InChI=1S/C21H27N/c1-13-14(2)21(6,7)17-11-15(12-20(3,4)5)10-16-8-9-22-19(13)18(16)17/h8-11H,12H2,1-7H3. The van der Waals surface area contributed by atoms with E-state index in [4.69, 9.17) is 0 Å². The summed E-state index contributed by atoms with van der Waals surface area (Å²) in [4.78, 5) is 4.68. The van der Waals surface area contributed by atoms with Crippen LogP contribution < -0.4 is 0 Å². The summed E-state index contributed by atoms with van der Waals surface area (Å²) in [6.07, 6.45) is 3.06. The van der Waals surface area contributed by atoms with E-state index < -0.39 is 0 Å². The second-order valence-corrected chi connectivity index (χ2v) is 8.51. The van der Waals surface area contributed by atoms with Gasteiger partial charge < -0.3 is 0 Å². The molecule has 0 fully saturated rings. The molecule has 0 amide bonds. The maximum atomic E-state index is 4.68. The molecule has 0 spiro atoms. The van der Waals surface area contributed by atoms with Gasteiger partial charge in [0.05, 0.1) is 5.69 Å². The van der Waals surface area contributed by atoms with Gasteiger partial charge in [0.15, 0.2) is 0 Å². The van der Waals surface area contributed by atoms with E-state index in [0.29, 0.717) is 5.41 Å². The number of hydrogen-bond donors (Lipinski definition) is 0. The summed E-state index contributed by atoms with van der Waals surface area (Å²) in [5.41, 5.74) is 7.21. The van der Waals surface area contributed by atoms with E-state index in [9.17, 15) is 0 Å². The first-order valence-electron chi connectivity index (χ1n) is 8.22. The van der Waals surface area contributed by atoms with Gasteiger partial charge in [-0.15, -0.1) is 0 Å². The molecule has 0 unspecified atom stereocenters. The van der Waals surface area contributed by atoms with Crippen molar-refractivity contribution in [1.82, 2.24) is 4.98 Å². The van der Waals surface area contributed by atoms with Crippen LogP contribution in [0.4, 0.5) is 0 Å². The predicted molar refractivity (Wildman–Crippen MR) is 96.2 cm³/mol. The molecule has 0 aliphatic heterocycles. The second kappa shape index (κ2) is 4.68. The third-order valence-corrected chi connectivity index (χ3v) is 5.19. The Balaban J connectivity index is 2.34. The van der Waals surface area contributed by atoms with Gasteiger partial charge in [-0.2, -0.15) is 0 Å². The fourth-order valence-electron chi connectivity index (χ4n) is 3.72. The third kappa shape index (κ3) is 2.27. The summed E-state index contributed by atoms with van der Waals surface area (Å²) in [6, 6.07) is 6.95. The van der Waals surface area contributed by atoms with Crippen LogP contribution in [0, 0.1) is 5.41 Å². The molecule has 1 aromatic heterocycles. The van der Waals surface area contributed by atoms with E-state index in [2.05, 4.69) is 71.6 Å². The second-order valence-electron chi connectivity index (χ2n) is 8.51. The summed E-state index contributed by atoms with van der Waals surface area (Å²) in [6.45, 7) is 16.1. The van der Waals surface area contributed by atoms with Crippen molar-refractivity contribution in [2.75, 3.05) is 0 Å². The van der Waals surface area contributed by atoms with E-state index in [1.807, 2.05) is 6.20 Å². The molecule has 3 rings (SSSR count). The first-order chi connectivity index (χ1) is 10.1. The number of nitrogens with zero attached hydrogens (tertiary/aromatic N) is 1. The minimum atomic E-state index is 0.0757. The molecule has 2 aromatic rings. The quantitative estimate of drug-likeness (QED) is 0.637. The molecule has 1 aliphatic carbocycles. The molecule has 0 atom stereocenters. The zero-order chi connectivity index (χ0) is 16.3. The van der Waals surface area contributed by atoms with Crippen LogP contribution in [0.5, 0.6) is 0 Å². The van der Waals surface area contributed by atoms with E-state index in [-0.39, 0.29) is 5.41 Å². The van der Waals surface area contributed by atoms with E-state index in [0.717, 1.165) is 6.42 Å². The van der Waals surface area contributed by atoms with Gasteiger partial charge in [-0.05, 0) is 53.8 Å². The zero-order valence-corrected chi connectivity index (χ0v) is 15.0. The maximum Gasteiger partial charge on any atom is 0.0739 e. The van der Waals surface area contributed by atoms with Gasteiger partial charge in [0.1, 0.15) is 0 Å². The number of rotatable bonds is 1. The Bertz CT molecular complexity index is 785. The number of benzene rings is 1. The molecule has 1 heterocycles. The van der Waals surface area contributed by atoms with Crippen molar-refractivity contribution in [2.45, 2.75) is 60.3 Å². The normalized spacial score (nSPS) is 17.2. The van der Waals surface area contributed by atoms with Crippen molar-refractivity contribution in [3.63, 3.8) is 0 Å². The Morgan fingerprint density at radius 3 is 2.41 bits per heavy atom. The number of pyridine rings is 1. The minimum Gasteiger partial charge on any atom is -0.256 e. The van der Waals surface area contributed by atoms with Crippen LogP contribution in [-0.2, 0) is 11.8 Å². The highest BCUT2D eigenvalue weighted by atomic mass is 14.7. The molecule has 1 aliphatic rings. The average Bonchev–Trinajstić information content (AvgIpc) is 2.40. The molecule has 1 aromatic carbocycles. The Hall–Kier alpha value is -1.63. The van der Waals surface area contributed by atoms with Crippen LogP contribution >= 0.6 is 0 Å². The summed E-state index contributed by atoms with van der Waals surface area (Å²) in [5, 5.41) is 2.69. The summed E-state index contributed by atoms with van der Waals surface area (Å²) >= 11 is 0. The van der Waals surface area contributed by atoms with Gasteiger partial charge in [-0.25, -0.2) is 0 Å². The topological polar surface area (TPSA) is 12.9 Å². The van der Waals surface area contributed by atoms with Crippen molar-refractivity contribution in [3.05, 3.63) is 46.8 Å². The molecule has 1 nitrogen and oxygen atoms in total. The van der Waals surface area contributed by atoms with Gasteiger partial charge in [0.2, 0.25) is 0 Å². The lowest BCUT2D eigenvalue weighted by Crippen LogP contribution is -2.24. The lowest BCUT2D eigenvalue weighted by atomic mass is 9.69. The van der Waals surface area contributed by atoms with Crippen LogP contribution in [-0.4, -0.2) is 4.98 Å². The molecular weight excluding hydrogens is 266 g/mol. The fraction of sp³-hybridized carbons (Fsp3) is 0.476. The minimum absolute atomic E-state index is 0.0757. The largest absolute Gasteiger partial charge is 0.256 e. The summed E-state index contributed by atoms with van der Waals surface area (Å²) < 4.78 is 0. The Labute approximate surface area is 134 Å². The molecule has 0 N–H and O–H groups in total. The number of hydrogen-bond acceptors (Lipinski definition) is 1. The highest BCUT2D eigenvalue weighted by Gasteiger charge is 2.32. The monoisotopic (exact) mass is 293 g/mol. The molecular formula is C21H27N. The van der Waals surface area contributed by atoms with Gasteiger partial charge in [0.25, 0.3) is 0 Å². The van der Waals surface area contributed by atoms with Gasteiger partial charge in [0, 0.05) is 17.0 Å². The van der Waals surface area contributed by atoms with Crippen LogP contribution in [0.3, 0.4) is 0 Å². The van der Waals surface area contributed by atoms with Crippen LogP contribution in [0.2, 0.25) is 0 Å². The highest BCUT2D eigenvalue weighted by Crippen LogP contribution is 2.46. The molecule has 0 radical (unpaired) electrons. The average molecular weight is 293 g/mol. The van der Waals surface area contributed by atoms with Crippen molar-refractivity contribution < 1.29 is 0 Å². The lowest BCUT2D eigenvalue weighted by molar-refractivity contribution is 0.411. The van der Waals surface area contributed by atoms with Gasteiger partial charge in [-0.1, -0.05) is 52.3 Å². The lowest BCUT2D eigenvalue weighted by Gasteiger charge is -2.35. The van der Waals surface area contributed by atoms with Crippen molar-refractivity contribution in [3.8, 4) is 0 Å². The van der Waals surface area contributed by atoms with Crippen LogP contribution in [0.1, 0.15) is 65.3 Å². The third-order valence-electron chi connectivity index (χ3n) is 5.19. The predicted octanol–water partition coefficient (Wildman–Crippen LogP) is 5.91. The van der Waals surface area contributed by atoms with Crippen LogP contribution in [0.15, 0.2) is 30.0 Å². The maximum absolute atomic E-state index is 4.68. The Kier molecular flexibility index (Phi) is 3.25. The van der Waals surface area contributed by atoms with Crippen molar-refractivity contribution in [1.29, 1.82) is 0 Å². The first-order valence-corrected chi connectivity index (χ1v) is 8.22. The van der Waals surface area contributed by atoms with E-state index in [1.54, 1.807) is 0 Å². The summed E-state index contributed by atoms with van der Waals surface area (Å²) in [7, 11) is 0. The Morgan fingerprint density at radius 1 is 1.09 bits per heavy atom. The molecule has 0 saturated carbocycles. The van der Waals surface area contributed by atoms with Gasteiger partial charge >= 0.3 is 0 Å². The molecule has 1 heteroatoms. The number of aromatic nitrogens is 1. The first kappa shape index (κ1) is 15.3. The van der Waals surface area contributed by atoms with E-state index in [1.165, 1.54) is 38.7 Å². The Morgan fingerprint density at radius 2 is 1.77 bits per heavy atom. The molecule has 116 valence electrons. The van der Waals surface area contributed by atoms with Crippen molar-refractivity contribution in [2.24, 2.45) is 5.41 Å². The molecule has 0 bridgehead atoms. The number of allylic oxidation sites excluding steroid dienone is 2. The van der Waals surface area contributed by atoms with E-state index >= 15 is 0 Å². The highest BCUT2D eigenvalue weighted by molar-refractivity contribution is 5.98. The molecule has 22 heavy (non-hydrogen) atoms. The smallest absolute Gasteiger partial charge is 0.0739 e. The van der Waals surface area contributed by atoms with Gasteiger partial charge in [-0.3, -0.25) is 4.98 Å². The summed E-state index contributed by atoms with van der Waals surface area (Å²) in [5.74, 6) is 0. The zero-order valence-electron chi connectivity index (χ0n) is 15.0. The van der Waals surface area contributed by atoms with Crippen LogP contribution in [0.25, 0.3) is 16.3 Å². The molecule has 0 saturated heterocycles. The fourth-order valence-corrected chi connectivity index (χ4v) is 3.72.